The van der Waals surface area contributed by atoms with Crippen LogP contribution in [0.25, 0.3) is 0 Å². The highest BCUT2D eigenvalue weighted by atomic mass is 32.2. The topological polar surface area (TPSA) is 80.5 Å². The second kappa shape index (κ2) is 4.57. The van der Waals surface area contributed by atoms with Crippen LogP contribution in [0.15, 0.2) is 0 Å². The van der Waals surface area contributed by atoms with E-state index in [4.69, 9.17) is 5.73 Å². The maximum atomic E-state index is 11.9. The summed E-state index contributed by atoms with van der Waals surface area (Å²) >= 11 is 0. The number of carbonyl (C=O) groups excluding carboxylic acids is 1. The molecule has 1 aliphatic heterocycles. The summed E-state index contributed by atoms with van der Waals surface area (Å²) in [5.74, 6) is 0.781. The first-order valence-electron chi connectivity index (χ1n) is 6.11. The monoisotopic (exact) mass is 260 g/mol. The van der Waals surface area contributed by atoms with E-state index in [0.717, 1.165) is 12.8 Å². The van der Waals surface area contributed by atoms with Crippen LogP contribution in [0, 0.1) is 5.92 Å². The quantitative estimate of drug-likeness (QED) is 0.756. The molecular weight excluding hydrogens is 240 g/mol. The minimum absolute atomic E-state index is 0.0218. The van der Waals surface area contributed by atoms with Gasteiger partial charge in [-0.3, -0.25) is 4.79 Å². The van der Waals surface area contributed by atoms with Gasteiger partial charge in [-0.15, -0.1) is 0 Å². The van der Waals surface area contributed by atoms with Crippen LogP contribution in [0.3, 0.4) is 0 Å². The fourth-order valence-electron chi connectivity index (χ4n) is 2.32. The van der Waals surface area contributed by atoms with Crippen molar-refractivity contribution in [1.29, 1.82) is 0 Å². The predicted molar refractivity (Wildman–Crippen MR) is 65.1 cm³/mol. The van der Waals surface area contributed by atoms with Gasteiger partial charge < -0.3 is 10.6 Å². The zero-order valence-corrected chi connectivity index (χ0v) is 10.9. The van der Waals surface area contributed by atoms with E-state index in [1.165, 1.54) is 0 Å². The van der Waals surface area contributed by atoms with Gasteiger partial charge in [0.15, 0.2) is 9.84 Å². The lowest BCUT2D eigenvalue weighted by Gasteiger charge is -2.24. The molecule has 0 radical (unpaired) electrons. The lowest BCUT2D eigenvalue weighted by molar-refractivity contribution is -0.132. The van der Waals surface area contributed by atoms with Crippen molar-refractivity contribution in [3.8, 4) is 0 Å². The minimum Gasteiger partial charge on any atom is -0.342 e. The molecule has 2 rings (SSSR count). The van der Waals surface area contributed by atoms with Crippen LogP contribution < -0.4 is 5.73 Å². The van der Waals surface area contributed by atoms with Gasteiger partial charge in [0.2, 0.25) is 5.91 Å². The van der Waals surface area contributed by atoms with Crippen LogP contribution in [-0.2, 0) is 14.6 Å². The number of hydrogen-bond donors (Lipinski definition) is 1. The Morgan fingerprint density at radius 3 is 2.53 bits per heavy atom. The second-order valence-electron chi connectivity index (χ2n) is 5.27. The maximum absolute atomic E-state index is 11.9. The molecule has 6 heteroatoms. The van der Waals surface area contributed by atoms with Crippen molar-refractivity contribution >= 4 is 15.7 Å². The molecular formula is C11H20N2O3S. The first-order valence-corrected chi connectivity index (χ1v) is 7.93. The molecule has 0 aromatic carbocycles. The normalized spacial score (nSPS) is 28.9. The van der Waals surface area contributed by atoms with Crippen molar-refractivity contribution in [2.45, 2.75) is 37.8 Å². The molecule has 0 bridgehead atoms. The highest BCUT2D eigenvalue weighted by molar-refractivity contribution is 7.91. The fourth-order valence-corrected chi connectivity index (χ4v) is 4.10. The fraction of sp³-hybridized carbons (Fsp3) is 0.909. The lowest BCUT2D eigenvalue weighted by atomic mass is 10.1. The number of rotatable bonds is 4. The van der Waals surface area contributed by atoms with Crippen molar-refractivity contribution in [3.63, 3.8) is 0 Å². The van der Waals surface area contributed by atoms with Crippen LogP contribution >= 0.6 is 0 Å². The number of nitrogens with zero attached hydrogens (tertiary/aromatic N) is 1. The molecule has 0 aromatic heterocycles. The first kappa shape index (κ1) is 12.8. The summed E-state index contributed by atoms with van der Waals surface area (Å²) in [7, 11) is -1.24. The average Bonchev–Trinajstić information content (AvgIpc) is 3.02. The zero-order chi connectivity index (χ0) is 12.6. The second-order valence-corrected chi connectivity index (χ2v) is 7.50. The number of sulfone groups is 1. The zero-order valence-electron chi connectivity index (χ0n) is 10.1. The van der Waals surface area contributed by atoms with E-state index < -0.39 is 9.84 Å². The van der Waals surface area contributed by atoms with E-state index in [1.54, 1.807) is 11.9 Å². The van der Waals surface area contributed by atoms with Gasteiger partial charge in [0, 0.05) is 25.6 Å². The van der Waals surface area contributed by atoms with Crippen molar-refractivity contribution < 1.29 is 13.2 Å². The molecule has 17 heavy (non-hydrogen) atoms. The van der Waals surface area contributed by atoms with Gasteiger partial charge in [0.1, 0.15) is 0 Å². The van der Waals surface area contributed by atoms with Gasteiger partial charge >= 0.3 is 0 Å². The molecule has 5 nitrogen and oxygen atoms in total. The third-order valence-corrected chi connectivity index (χ3v) is 5.54. The number of hydrogen-bond acceptors (Lipinski definition) is 4. The van der Waals surface area contributed by atoms with E-state index in [9.17, 15) is 13.2 Å². The maximum Gasteiger partial charge on any atom is 0.224 e. The molecule has 1 heterocycles. The summed E-state index contributed by atoms with van der Waals surface area (Å²) in [4.78, 5) is 13.5. The largest absolute Gasteiger partial charge is 0.342 e. The molecule has 1 saturated heterocycles. The smallest absolute Gasteiger partial charge is 0.224 e. The third-order valence-electron chi connectivity index (χ3n) is 3.79. The standard InChI is InChI=1S/C11H20N2O3S/c1-13(9-4-5-17(15,16)7-9)11(14)6-10(12)8-2-3-8/h8-10H,2-7,12H2,1H3. The van der Waals surface area contributed by atoms with Crippen LogP contribution in [-0.4, -0.2) is 49.9 Å². The van der Waals surface area contributed by atoms with Crippen molar-refractivity contribution in [3.05, 3.63) is 0 Å². The Hall–Kier alpha value is -0.620. The molecule has 1 saturated carbocycles. The Kier molecular flexibility index (Phi) is 3.45. The SMILES string of the molecule is CN(C(=O)CC(N)C1CC1)C1CCS(=O)(=O)C1. The van der Waals surface area contributed by atoms with Crippen LogP contribution in [0.1, 0.15) is 25.7 Å². The van der Waals surface area contributed by atoms with Gasteiger partial charge in [-0.25, -0.2) is 8.42 Å². The Morgan fingerprint density at radius 2 is 2.06 bits per heavy atom. The summed E-state index contributed by atoms with van der Waals surface area (Å²) in [6, 6.07) is -0.207. The molecule has 1 aliphatic carbocycles. The molecule has 98 valence electrons. The number of carbonyl (C=O) groups is 1. The van der Waals surface area contributed by atoms with Crippen LogP contribution in [0.2, 0.25) is 0 Å². The van der Waals surface area contributed by atoms with Crippen molar-refractivity contribution in [2.24, 2.45) is 11.7 Å². The molecule has 2 atom stereocenters. The van der Waals surface area contributed by atoms with E-state index in [2.05, 4.69) is 0 Å². The summed E-state index contributed by atoms with van der Waals surface area (Å²) in [6.07, 6.45) is 3.15. The van der Waals surface area contributed by atoms with E-state index in [-0.39, 0.29) is 29.5 Å². The van der Waals surface area contributed by atoms with Crippen LogP contribution in [0.4, 0.5) is 0 Å². The predicted octanol–water partition coefficient (Wildman–Crippen LogP) is -0.241. The van der Waals surface area contributed by atoms with E-state index in [1.807, 2.05) is 0 Å². The lowest BCUT2D eigenvalue weighted by Crippen LogP contribution is -2.41. The summed E-state index contributed by atoms with van der Waals surface area (Å²) < 4.78 is 22.7. The van der Waals surface area contributed by atoms with Gasteiger partial charge in [0.05, 0.1) is 11.5 Å². The van der Waals surface area contributed by atoms with Gasteiger partial charge in [0.25, 0.3) is 0 Å². The Labute approximate surface area is 102 Å². The molecule has 1 amide bonds. The minimum atomic E-state index is -2.93. The van der Waals surface area contributed by atoms with E-state index >= 15 is 0 Å². The molecule has 2 aliphatic rings. The average molecular weight is 260 g/mol. The molecule has 0 aromatic rings. The third kappa shape index (κ3) is 3.19. The van der Waals surface area contributed by atoms with E-state index in [0.29, 0.717) is 18.8 Å². The Balaban J connectivity index is 1.86. The van der Waals surface area contributed by atoms with Crippen molar-refractivity contribution in [2.75, 3.05) is 18.6 Å². The molecule has 2 N–H and O–H groups in total. The summed E-state index contributed by atoms with van der Waals surface area (Å²) in [5.41, 5.74) is 5.90. The Bertz CT molecular complexity index is 403. The van der Waals surface area contributed by atoms with Gasteiger partial charge in [-0.2, -0.15) is 0 Å². The summed E-state index contributed by atoms with van der Waals surface area (Å²) in [6.45, 7) is 0. The summed E-state index contributed by atoms with van der Waals surface area (Å²) in [5, 5.41) is 0. The van der Waals surface area contributed by atoms with Gasteiger partial charge in [-0.05, 0) is 25.2 Å². The van der Waals surface area contributed by atoms with Crippen molar-refractivity contribution in [1.82, 2.24) is 4.90 Å². The first-order chi connectivity index (χ1) is 7.89. The molecule has 0 spiro atoms. The molecule has 2 unspecified atom stereocenters. The highest BCUT2D eigenvalue weighted by Gasteiger charge is 2.35. The van der Waals surface area contributed by atoms with Gasteiger partial charge in [-0.1, -0.05) is 0 Å². The Morgan fingerprint density at radius 1 is 1.41 bits per heavy atom. The number of amides is 1. The van der Waals surface area contributed by atoms with Crippen LogP contribution in [0.5, 0.6) is 0 Å². The molecule has 2 fully saturated rings. The highest BCUT2D eigenvalue weighted by Crippen LogP contribution is 2.33. The number of nitrogens with two attached hydrogens (primary N) is 1.